The molecule has 0 aliphatic carbocycles. The Morgan fingerprint density at radius 2 is 1.62 bits per heavy atom. The molecule has 4 aromatic carbocycles. The average Bonchev–Trinajstić information content (AvgIpc) is 3.18. The fourth-order valence-electron chi connectivity index (χ4n) is 3.18. The van der Waals surface area contributed by atoms with E-state index in [1.165, 1.54) is 11.3 Å². The molecule has 0 atom stereocenters. The highest BCUT2D eigenvalue weighted by Gasteiger charge is 2.17. The molecule has 1 aromatic heterocycles. The molecule has 4 nitrogen and oxygen atoms in total. The van der Waals surface area contributed by atoms with E-state index in [0.717, 1.165) is 26.0 Å². The van der Waals surface area contributed by atoms with E-state index in [1.54, 1.807) is 24.3 Å². The van der Waals surface area contributed by atoms with Crippen LogP contribution in [0.1, 0.15) is 0 Å². The molecule has 5 rings (SSSR count). The fourth-order valence-corrected chi connectivity index (χ4v) is 4.29. The normalized spacial score (nSPS) is 11.6. The summed E-state index contributed by atoms with van der Waals surface area (Å²) in [6.07, 6.45) is 0. The van der Waals surface area contributed by atoms with Crippen LogP contribution >= 0.6 is 22.9 Å². The Balaban J connectivity index is 1.70. The molecule has 140 valence electrons. The van der Waals surface area contributed by atoms with Gasteiger partial charge >= 0.3 is 0 Å². The highest BCUT2D eigenvalue weighted by atomic mass is 35.5. The van der Waals surface area contributed by atoms with Crippen molar-refractivity contribution in [2.24, 2.45) is 10.2 Å². The third-order valence-corrected chi connectivity index (χ3v) is 5.93. The van der Waals surface area contributed by atoms with E-state index >= 15 is 0 Å². The molecule has 5 aromatic rings. The van der Waals surface area contributed by atoms with Crippen molar-refractivity contribution in [3.63, 3.8) is 0 Å². The maximum Gasteiger partial charge on any atom is 0.154 e. The maximum absolute atomic E-state index is 11.1. The highest BCUT2D eigenvalue weighted by molar-refractivity contribution is 7.21. The summed E-state index contributed by atoms with van der Waals surface area (Å²) in [5, 5.41) is 22.9. The number of thiazole rings is 1. The first-order chi connectivity index (χ1) is 14.2. The van der Waals surface area contributed by atoms with Gasteiger partial charge in [-0.05, 0) is 47.9 Å². The number of phenolic OH excluding ortho intramolecular Hbond substituents is 1. The smallest absolute Gasteiger partial charge is 0.154 e. The number of aromatic nitrogens is 1. The van der Waals surface area contributed by atoms with E-state index in [9.17, 15) is 5.11 Å². The number of hydrogen-bond acceptors (Lipinski definition) is 5. The second-order valence-electron chi connectivity index (χ2n) is 6.51. The first-order valence-corrected chi connectivity index (χ1v) is 10.2. The van der Waals surface area contributed by atoms with Crippen LogP contribution in [0.2, 0.25) is 5.02 Å². The van der Waals surface area contributed by atoms with E-state index in [0.29, 0.717) is 22.0 Å². The van der Waals surface area contributed by atoms with Crippen LogP contribution in [0, 0.1) is 0 Å². The minimum absolute atomic E-state index is 0.0699. The third-order valence-electron chi connectivity index (χ3n) is 4.61. The molecule has 6 heteroatoms. The number of halogens is 1. The summed E-state index contributed by atoms with van der Waals surface area (Å²) in [7, 11) is 0. The monoisotopic (exact) mass is 415 g/mol. The zero-order valence-electron chi connectivity index (χ0n) is 15.1. The van der Waals surface area contributed by atoms with Crippen LogP contribution in [0.5, 0.6) is 5.75 Å². The average molecular weight is 416 g/mol. The van der Waals surface area contributed by atoms with Gasteiger partial charge in [-0.1, -0.05) is 48.0 Å². The standard InChI is InChI=1S/C23H14ClN3OS/c24-15-9-11-16(12-10-15)26-27-21-17-6-2-1-5-14(17)13-18(22(21)28)23-25-19-7-3-4-8-20(19)29-23/h1-13,28H. The van der Waals surface area contributed by atoms with Crippen LogP contribution in [0.25, 0.3) is 31.6 Å². The van der Waals surface area contributed by atoms with Crippen LogP contribution in [-0.2, 0) is 0 Å². The van der Waals surface area contributed by atoms with Gasteiger partial charge in [0.1, 0.15) is 10.7 Å². The van der Waals surface area contributed by atoms with Crippen molar-refractivity contribution < 1.29 is 5.11 Å². The lowest BCUT2D eigenvalue weighted by atomic mass is 10.0. The summed E-state index contributed by atoms with van der Waals surface area (Å²) in [4.78, 5) is 4.69. The van der Waals surface area contributed by atoms with Gasteiger partial charge in [0.25, 0.3) is 0 Å². The molecule has 0 fully saturated rings. The quantitative estimate of drug-likeness (QED) is 0.304. The Morgan fingerprint density at radius 3 is 2.45 bits per heavy atom. The van der Waals surface area contributed by atoms with Gasteiger partial charge in [-0.2, -0.15) is 5.11 Å². The topological polar surface area (TPSA) is 57.8 Å². The van der Waals surface area contributed by atoms with Gasteiger partial charge in [0.05, 0.1) is 21.5 Å². The summed E-state index contributed by atoms with van der Waals surface area (Å²) < 4.78 is 1.07. The summed E-state index contributed by atoms with van der Waals surface area (Å²) >= 11 is 7.48. The summed E-state index contributed by atoms with van der Waals surface area (Å²) in [6.45, 7) is 0. The number of rotatable bonds is 3. The molecule has 1 heterocycles. The Kier molecular flexibility index (Phi) is 4.46. The van der Waals surface area contributed by atoms with Crippen molar-refractivity contribution in [2.45, 2.75) is 0 Å². The van der Waals surface area contributed by atoms with Crippen molar-refractivity contribution in [3.05, 3.63) is 83.9 Å². The largest absolute Gasteiger partial charge is 0.505 e. The number of azo groups is 1. The molecule has 29 heavy (non-hydrogen) atoms. The lowest BCUT2D eigenvalue weighted by Crippen LogP contribution is -1.82. The highest BCUT2D eigenvalue weighted by Crippen LogP contribution is 2.45. The van der Waals surface area contributed by atoms with Crippen LogP contribution in [0.15, 0.2) is 89.1 Å². The molecule has 0 radical (unpaired) electrons. The Hall–Kier alpha value is -3.28. The van der Waals surface area contributed by atoms with Crippen LogP contribution in [0.4, 0.5) is 11.4 Å². The van der Waals surface area contributed by atoms with Gasteiger partial charge in [-0.3, -0.25) is 0 Å². The van der Waals surface area contributed by atoms with Crippen LogP contribution in [0.3, 0.4) is 0 Å². The van der Waals surface area contributed by atoms with E-state index in [2.05, 4.69) is 10.2 Å². The molecule has 0 aliphatic heterocycles. The predicted octanol–water partition coefficient (Wildman–Crippen LogP) is 7.89. The summed E-state index contributed by atoms with van der Waals surface area (Å²) in [5.74, 6) is 0.0699. The molecule has 0 bridgehead atoms. The van der Waals surface area contributed by atoms with Gasteiger partial charge in [-0.15, -0.1) is 16.5 Å². The zero-order valence-corrected chi connectivity index (χ0v) is 16.7. The first kappa shape index (κ1) is 17.8. The number of aromatic hydroxyl groups is 1. The molecule has 0 saturated carbocycles. The number of para-hydroxylation sites is 1. The van der Waals surface area contributed by atoms with Crippen molar-refractivity contribution >= 4 is 55.3 Å². The maximum atomic E-state index is 11.1. The van der Waals surface area contributed by atoms with Crippen molar-refractivity contribution in [2.75, 3.05) is 0 Å². The minimum Gasteiger partial charge on any atom is -0.505 e. The second-order valence-corrected chi connectivity index (χ2v) is 7.97. The van der Waals surface area contributed by atoms with Crippen LogP contribution in [-0.4, -0.2) is 10.1 Å². The number of benzene rings is 4. The van der Waals surface area contributed by atoms with E-state index in [-0.39, 0.29) is 5.75 Å². The molecular weight excluding hydrogens is 402 g/mol. The van der Waals surface area contributed by atoms with Crippen molar-refractivity contribution in [1.29, 1.82) is 0 Å². The lowest BCUT2D eigenvalue weighted by molar-refractivity contribution is 0.479. The van der Waals surface area contributed by atoms with Crippen molar-refractivity contribution in [3.8, 4) is 16.3 Å². The van der Waals surface area contributed by atoms with Gasteiger partial charge in [-0.25, -0.2) is 4.98 Å². The van der Waals surface area contributed by atoms with E-state index < -0.39 is 0 Å². The number of fused-ring (bicyclic) bond motifs is 2. The Morgan fingerprint density at radius 1 is 0.862 bits per heavy atom. The SMILES string of the molecule is Oc1c(-c2nc3ccccc3s2)cc2ccccc2c1N=Nc1ccc(Cl)cc1. The molecule has 0 saturated heterocycles. The van der Waals surface area contributed by atoms with E-state index in [4.69, 9.17) is 16.6 Å². The molecule has 0 unspecified atom stereocenters. The summed E-state index contributed by atoms with van der Waals surface area (Å²) in [5.41, 5.74) is 2.63. The number of hydrogen-bond donors (Lipinski definition) is 1. The minimum atomic E-state index is 0.0699. The van der Waals surface area contributed by atoms with Gasteiger partial charge in [0.2, 0.25) is 0 Å². The molecule has 0 spiro atoms. The fraction of sp³-hybridized carbons (Fsp3) is 0. The number of nitrogens with zero attached hydrogens (tertiary/aromatic N) is 3. The predicted molar refractivity (Wildman–Crippen MR) is 120 cm³/mol. The van der Waals surface area contributed by atoms with E-state index in [1.807, 2.05) is 54.6 Å². The van der Waals surface area contributed by atoms with Crippen LogP contribution < -0.4 is 0 Å². The molecule has 1 N–H and O–H groups in total. The lowest BCUT2D eigenvalue weighted by Gasteiger charge is -2.08. The first-order valence-electron chi connectivity index (χ1n) is 8.97. The molecular formula is C23H14ClN3OS. The van der Waals surface area contributed by atoms with Gasteiger partial charge in [0.15, 0.2) is 5.75 Å². The zero-order chi connectivity index (χ0) is 19.8. The van der Waals surface area contributed by atoms with Gasteiger partial charge in [0, 0.05) is 10.4 Å². The summed E-state index contributed by atoms with van der Waals surface area (Å²) in [6, 6.07) is 24.7. The van der Waals surface area contributed by atoms with Gasteiger partial charge < -0.3 is 5.11 Å². The number of phenols is 1. The second kappa shape index (κ2) is 7.28. The third kappa shape index (κ3) is 3.35. The molecule has 0 aliphatic rings. The Labute approximate surface area is 175 Å². The Bertz CT molecular complexity index is 1340. The van der Waals surface area contributed by atoms with Crippen molar-refractivity contribution in [1.82, 2.24) is 4.98 Å². The molecule has 0 amide bonds.